The van der Waals surface area contributed by atoms with Crippen LogP contribution in [0, 0.1) is 0 Å². The summed E-state index contributed by atoms with van der Waals surface area (Å²) in [6.07, 6.45) is 9.59. The van der Waals surface area contributed by atoms with Crippen molar-refractivity contribution < 1.29 is 4.79 Å². The van der Waals surface area contributed by atoms with E-state index in [2.05, 4.69) is 49.4 Å². The van der Waals surface area contributed by atoms with Crippen LogP contribution in [0.15, 0.2) is 65.3 Å². The van der Waals surface area contributed by atoms with E-state index in [9.17, 15) is 4.79 Å². The molecule has 190 valence electrons. The highest BCUT2D eigenvalue weighted by Gasteiger charge is 2.24. The van der Waals surface area contributed by atoms with E-state index < -0.39 is 0 Å². The summed E-state index contributed by atoms with van der Waals surface area (Å²) in [7, 11) is 0. The zero-order valence-corrected chi connectivity index (χ0v) is 21.8. The maximum atomic E-state index is 13.3. The van der Waals surface area contributed by atoms with Crippen molar-refractivity contribution in [3.63, 3.8) is 0 Å². The first-order chi connectivity index (χ1) is 17.8. The summed E-state index contributed by atoms with van der Waals surface area (Å²) in [5, 5.41) is 7.68. The number of carbonyl (C=O) groups is 1. The second kappa shape index (κ2) is 10.2. The van der Waals surface area contributed by atoms with E-state index in [1.165, 1.54) is 28.7 Å². The van der Waals surface area contributed by atoms with E-state index in [4.69, 9.17) is 15.7 Å². The van der Waals surface area contributed by atoms with Gasteiger partial charge in [0.15, 0.2) is 5.65 Å². The van der Waals surface area contributed by atoms with Crippen molar-refractivity contribution in [2.75, 3.05) is 12.3 Å². The summed E-state index contributed by atoms with van der Waals surface area (Å²) in [6.45, 7) is 7.11. The molecule has 0 saturated carbocycles. The summed E-state index contributed by atoms with van der Waals surface area (Å²) < 4.78 is 1.52. The maximum absolute atomic E-state index is 13.3. The molecule has 0 saturated heterocycles. The van der Waals surface area contributed by atoms with Crippen molar-refractivity contribution >= 4 is 40.1 Å². The molecule has 0 bridgehead atoms. The lowest BCUT2D eigenvalue weighted by Gasteiger charge is -2.18. The molecule has 1 aliphatic carbocycles. The van der Waals surface area contributed by atoms with E-state index in [0.717, 1.165) is 30.3 Å². The van der Waals surface area contributed by atoms with Gasteiger partial charge in [0, 0.05) is 6.54 Å². The molecule has 7 nitrogen and oxygen atoms in total. The number of benzene rings is 2. The van der Waals surface area contributed by atoms with Crippen LogP contribution in [0.2, 0.25) is 0 Å². The quantitative estimate of drug-likeness (QED) is 0.255. The van der Waals surface area contributed by atoms with Crippen molar-refractivity contribution in [3.05, 3.63) is 76.9 Å². The molecule has 0 aliphatic heterocycles. The highest BCUT2D eigenvalue weighted by molar-refractivity contribution is 6.10. The van der Waals surface area contributed by atoms with Gasteiger partial charge >= 0.3 is 0 Å². The third kappa shape index (κ3) is 5.26. The Bertz CT molecular complexity index is 1510. The third-order valence-electron chi connectivity index (χ3n) is 6.92. The Labute approximate surface area is 217 Å². The van der Waals surface area contributed by atoms with Crippen LogP contribution < -0.4 is 11.1 Å². The van der Waals surface area contributed by atoms with Gasteiger partial charge in [0.25, 0.3) is 5.91 Å². The summed E-state index contributed by atoms with van der Waals surface area (Å²) >= 11 is 0. The number of anilines is 1. The second-order valence-electron chi connectivity index (χ2n) is 10.7. The number of rotatable bonds is 6. The van der Waals surface area contributed by atoms with Crippen molar-refractivity contribution in [2.24, 2.45) is 5.10 Å². The molecule has 0 unspecified atom stereocenters. The van der Waals surface area contributed by atoms with Crippen LogP contribution in [-0.4, -0.2) is 33.3 Å². The monoisotopic (exact) mass is 494 g/mol. The topological polar surface area (TPSA) is 98.2 Å². The minimum Gasteiger partial charge on any atom is -0.383 e. The number of aromatic nitrogens is 3. The number of hydrogen-bond donors (Lipinski definition) is 2. The summed E-state index contributed by atoms with van der Waals surface area (Å²) in [6, 6.07) is 15.8. The molecule has 0 atom stereocenters. The van der Waals surface area contributed by atoms with Gasteiger partial charge in [0.2, 0.25) is 0 Å². The summed E-state index contributed by atoms with van der Waals surface area (Å²) in [5.41, 5.74) is 12.8. The lowest BCUT2D eigenvalue weighted by molar-refractivity contribution is 0.0956. The molecule has 3 N–H and O–H groups in total. The second-order valence-corrected chi connectivity index (χ2v) is 10.7. The molecule has 5 rings (SSSR count). The minimum absolute atomic E-state index is 0.0726. The van der Waals surface area contributed by atoms with Gasteiger partial charge in [-0.25, -0.2) is 9.97 Å². The molecule has 1 aliphatic rings. The Morgan fingerprint density at radius 3 is 2.49 bits per heavy atom. The van der Waals surface area contributed by atoms with Gasteiger partial charge in [-0.3, -0.25) is 4.79 Å². The third-order valence-corrected chi connectivity index (χ3v) is 6.92. The lowest BCUT2D eigenvalue weighted by atomic mass is 9.87. The van der Waals surface area contributed by atoms with E-state index in [-0.39, 0.29) is 17.1 Å². The lowest BCUT2D eigenvalue weighted by Crippen LogP contribution is -2.25. The van der Waals surface area contributed by atoms with Gasteiger partial charge in [0.1, 0.15) is 16.9 Å². The van der Waals surface area contributed by atoms with E-state index >= 15 is 0 Å². The highest BCUT2D eigenvalue weighted by atomic mass is 16.1. The molecule has 2 aromatic carbocycles. The molecule has 2 heterocycles. The van der Waals surface area contributed by atoms with Crippen LogP contribution in [0.25, 0.3) is 22.2 Å². The summed E-state index contributed by atoms with van der Waals surface area (Å²) in [5.74, 6) is -0.0331. The fourth-order valence-electron chi connectivity index (χ4n) is 4.74. The smallest absolute Gasteiger partial charge is 0.257 e. The van der Waals surface area contributed by atoms with E-state index in [1.54, 1.807) is 6.21 Å². The average Bonchev–Trinajstić information content (AvgIpc) is 3.16. The number of para-hydroxylation sites is 2. The van der Waals surface area contributed by atoms with Crippen LogP contribution in [0.5, 0.6) is 0 Å². The van der Waals surface area contributed by atoms with Crippen molar-refractivity contribution in [3.8, 4) is 0 Å². The molecule has 7 heteroatoms. The van der Waals surface area contributed by atoms with Gasteiger partial charge in [-0.1, -0.05) is 68.8 Å². The number of nitrogens with two attached hydrogens (primary N) is 1. The van der Waals surface area contributed by atoms with Crippen LogP contribution in [0.1, 0.15) is 74.4 Å². The Balaban J connectivity index is 1.49. The Hall–Kier alpha value is -4.00. The van der Waals surface area contributed by atoms with Gasteiger partial charge < -0.3 is 11.1 Å². The van der Waals surface area contributed by atoms with Gasteiger partial charge in [-0.2, -0.15) is 9.78 Å². The van der Waals surface area contributed by atoms with Crippen LogP contribution in [0.4, 0.5) is 5.82 Å². The Morgan fingerprint density at radius 2 is 1.81 bits per heavy atom. The number of hydrogen-bond acceptors (Lipinski definition) is 5. The number of nitrogen functional groups attached to an aromatic ring is 1. The van der Waals surface area contributed by atoms with Crippen molar-refractivity contribution in [1.82, 2.24) is 20.0 Å². The Morgan fingerprint density at radius 1 is 1.08 bits per heavy atom. The number of nitrogens with zero attached hydrogens (tertiary/aromatic N) is 4. The first kappa shape index (κ1) is 24.7. The van der Waals surface area contributed by atoms with Gasteiger partial charge in [-0.15, -0.1) is 0 Å². The predicted molar refractivity (Wildman–Crippen MR) is 151 cm³/mol. The molecule has 0 spiro atoms. The molecule has 4 aromatic rings. The fourth-order valence-corrected chi connectivity index (χ4v) is 4.74. The number of allylic oxidation sites excluding steroid dienone is 1. The molecule has 0 radical (unpaired) electrons. The fraction of sp³-hybridized carbons (Fsp3) is 0.333. The largest absolute Gasteiger partial charge is 0.383 e. The molecule has 2 aromatic heterocycles. The number of carbonyl (C=O) groups excluding carboxylic acids is 1. The van der Waals surface area contributed by atoms with Gasteiger partial charge in [0.05, 0.1) is 17.2 Å². The standard InChI is InChI=1S/C30H34N6O/c1-30(2,3)22-15-13-21(14-16-22)19-33-36-27(31)25(29(37)32-18-17-20-9-5-4-6-10-20)26-28(36)35-24-12-8-7-11-23(24)34-26/h7-9,11-16,19H,4-6,10,17-18,31H2,1-3H3,(H,32,37)/b33-19+. The first-order valence-corrected chi connectivity index (χ1v) is 13.0. The maximum Gasteiger partial charge on any atom is 0.257 e. The van der Waals surface area contributed by atoms with Crippen LogP contribution in [-0.2, 0) is 5.41 Å². The van der Waals surface area contributed by atoms with Crippen molar-refractivity contribution in [2.45, 2.75) is 58.3 Å². The molecule has 37 heavy (non-hydrogen) atoms. The molecule has 0 fully saturated rings. The van der Waals surface area contributed by atoms with E-state index in [1.807, 2.05) is 36.4 Å². The number of amides is 1. The molecular formula is C30H34N6O. The molecular weight excluding hydrogens is 460 g/mol. The number of nitrogens with one attached hydrogen (secondary N) is 1. The molecule has 1 amide bonds. The van der Waals surface area contributed by atoms with E-state index in [0.29, 0.717) is 28.8 Å². The highest BCUT2D eigenvalue weighted by Crippen LogP contribution is 2.28. The van der Waals surface area contributed by atoms with Crippen molar-refractivity contribution in [1.29, 1.82) is 0 Å². The Kier molecular flexibility index (Phi) is 6.78. The first-order valence-electron chi connectivity index (χ1n) is 13.0. The predicted octanol–water partition coefficient (Wildman–Crippen LogP) is 5.97. The summed E-state index contributed by atoms with van der Waals surface area (Å²) in [4.78, 5) is 22.9. The van der Waals surface area contributed by atoms with Gasteiger partial charge in [-0.05, 0) is 60.8 Å². The van der Waals surface area contributed by atoms with Crippen LogP contribution >= 0.6 is 0 Å². The average molecular weight is 495 g/mol. The number of fused-ring (bicyclic) bond motifs is 2. The zero-order chi connectivity index (χ0) is 26.0. The normalized spacial score (nSPS) is 14.4. The zero-order valence-electron chi connectivity index (χ0n) is 21.8. The van der Waals surface area contributed by atoms with Crippen LogP contribution in [0.3, 0.4) is 0 Å². The SMILES string of the molecule is CC(C)(C)c1ccc(/C=N/n2c(N)c(C(=O)NCCC3=CCCCC3)c3nc4ccccc4nc32)cc1. The minimum atomic E-state index is -0.257.